The van der Waals surface area contributed by atoms with Crippen molar-refractivity contribution in [1.29, 1.82) is 0 Å². The predicted molar refractivity (Wildman–Crippen MR) is 60.7 cm³/mol. The van der Waals surface area contributed by atoms with E-state index in [1.54, 1.807) is 0 Å². The van der Waals surface area contributed by atoms with Gasteiger partial charge >= 0.3 is 0 Å². The minimum Gasteiger partial charge on any atom is -0.328 e. The molecule has 1 saturated carbocycles. The van der Waals surface area contributed by atoms with Crippen molar-refractivity contribution in [3.05, 3.63) is 12.2 Å². The summed E-state index contributed by atoms with van der Waals surface area (Å²) < 4.78 is 2.16. The van der Waals surface area contributed by atoms with Gasteiger partial charge in [0.25, 0.3) is 0 Å². The highest BCUT2D eigenvalue weighted by Crippen LogP contribution is 2.24. The van der Waals surface area contributed by atoms with Crippen molar-refractivity contribution in [3.63, 3.8) is 0 Å². The maximum atomic E-state index is 5.94. The quantitative estimate of drug-likeness (QED) is 0.744. The van der Waals surface area contributed by atoms with Crippen molar-refractivity contribution in [2.75, 3.05) is 6.54 Å². The summed E-state index contributed by atoms with van der Waals surface area (Å²) in [6, 6.07) is 1.15. The van der Waals surface area contributed by atoms with E-state index in [0.29, 0.717) is 12.1 Å². The minimum atomic E-state index is 0.435. The van der Waals surface area contributed by atoms with Crippen LogP contribution in [-0.4, -0.2) is 38.3 Å². The van der Waals surface area contributed by atoms with Crippen molar-refractivity contribution in [1.82, 2.24) is 19.7 Å². The van der Waals surface area contributed by atoms with Crippen molar-refractivity contribution < 1.29 is 0 Å². The van der Waals surface area contributed by atoms with Gasteiger partial charge in [-0.25, -0.2) is 0 Å². The fourth-order valence-electron chi connectivity index (χ4n) is 2.86. The minimum absolute atomic E-state index is 0.435. The van der Waals surface area contributed by atoms with Gasteiger partial charge in [0.05, 0.1) is 6.54 Å². The Morgan fingerprint density at radius 3 is 2.81 bits per heavy atom. The molecule has 5 heteroatoms. The molecule has 3 rings (SSSR count). The van der Waals surface area contributed by atoms with Crippen molar-refractivity contribution in [2.45, 2.75) is 50.9 Å². The summed E-state index contributed by atoms with van der Waals surface area (Å²) in [6.07, 6.45) is 6.68. The molecule has 1 fully saturated rings. The van der Waals surface area contributed by atoms with Gasteiger partial charge in [0, 0.05) is 25.2 Å². The number of fused-ring (bicyclic) bond motifs is 1. The van der Waals surface area contributed by atoms with E-state index in [1.807, 2.05) is 6.33 Å². The molecule has 2 heterocycles. The zero-order valence-corrected chi connectivity index (χ0v) is 9.55. The van der Waals surface area contributed by atoms with Crippen LogP contribution in [0.4, 0.5) is 0 Å². The molecule has 16 heavy (non-hydrogen) atoms. The third kappa shape index (κ3) is 1.85. The van der Waals surface area contributed by atoms with Gasteiger partial charge in [0.15, 0.2) is 0 Å². The van der Waals surface area contributed by atoms with Gasteiger partial charge in [0.1, 0.15) is 12.2 Å². The Kier molecular flexibility index (Phi) is 2.65. The van der Waals surface area contributed by atoms with Crippen LogP contribution in [0.2, 0.25) is 0 Å². The van der Waals surface area contributed by atoms with Gasteiger partial charge < -0.3 is 10.3 Å². The third-order valence-electron chi connectivity index (χ3n) is 3.93. The first-order valence-electron chi connectivity index (χ1n) is 6.19. The molecule has 1 aromatic heterocycles. The van der Waals surface area contributed by atoms with Crippen LogP contribution < -0.4 is 5.73 Å². The van der Waals surface area contributed by atoms with E-state index in [1.165, 1.54) is 25.7 Å². The molecule has 1 aliphatic heterocycles. The lowest BCUT2D eigenvalue weighted by atomic mass is 9.90. The Balaban J connectivity index is 1.65. The van der Waals surface area contributed by atoms with Crippen molar-refractivity contribution in [3.8, 4) is 0 Å². The maximum Gasteiger partial charge on any atom is 0.147 e. The molecule has 0 spiro atoms. The Morgan fingerprint density at radius 2 is 2.00 bits per heavy atom. The van der Waals surface area contributed by atoms with Crippen LogP contribution >= 0.6 is 0 Å². The molecule has 2 aliphatic rings. The van der Waals surface area contributed by atoms with E-state index in [9.17, 15) is 0 Å². The summed E-state index contributed by atoms with van der Waals surface area (Å²) in [6.45, 7) is 3.12. The van der Waals surface area contributed by atoms with E-state index in [-0.39, 0.29) is 0 Å². The molecule has 0 amide bonds. The summed E-state index contributed by atoms with van der Waals surface area (Å²) in [5.74, 6) is 1.11. The van der Waals surface area contributed by atoms with E-state index in [4.69, 9.17) is 5.73 Å². The zero-order chi connectivity index (χ0) is 11.0. The molecule has 0 aromatic carbocycles. The molecule has 0 atom stereocenters. The summed E-state index contributed by atoms with van der Waals surface area (Å²) in [7, 11) is 0. The molecule has 0 radical (unpaired) electrons. The summed E-state index contributed by atoms with van der Waals surface area (Å²) in [4.78, 5) is 2.55. The smallest absolute Gasteiger partial charge is 0.147 e. The fourth-order valence-corrected chi connectivity index (χ4v) is 2.86. The van der Waals surface area contributed by atoms with Crippen LogP contribution in [0.5, 0.6) is 0 Å². The van der Waals surface area contributed by atoms with Crippen LogP contribution in [0.1, 0.15) is 31.5 Å². The number of nitrogens with zero attached hydrogens (tertiary/aromatic N) is 4. The average molecular weight is 221 g/mol. The summed E-state index contributed by atoms with van der Waals surface area (Å²) in [5.41, 5.74) is 5.94. The van der Waals surface area contributed by atoms with Gasteiger partial charge in [-0.05, 0) is 25.7 Å². The molecule has 0 saturated heterocycles. The largest absolute Gasteiger partial charge is 0.328 e. The SMILES string of the molecule is NC1CCC(N2CCn3cnnc3C2)CC1. The summed E-state index contributed by atoms with van der Waals surface area (Å²) in [5, 5.41) is 8.13. The Bertz CT molecular complexity index is 353. The average Bonchev–Trinajstić information content (AvgIpc) is 2.77. The molecular weight excluding hydrogens is 202 g/mol. The first-order chi connectivity index (χ1) is 7.83. The first kappa shape index (κ1) is 10.2. The van der Waals surface area contributed by atoms with Crippen LogP contribution in [-0.2, 0) is 13.1 Å². The zero-order valence-electron chi connectivity index (χ0n) is 9.55. The Hall–Kier alpha value is -0.940. The van der Waals surface area contributed by atoms with Gasteiger partial charge in [0.2, 0.25) is 0 Å². The normalized spacial score (nSPS) is 31.3. The second-order valence-electron chi connectivity index (χ2n) is 4.98. The van der Waals surface area contributed by atoms with Gasteiger partial charge in [-0.1, -0.05) is 0 Å². The fraction of sp³-hybridized carbons (Fsp3) is 0.818. The van der Waals surface area contributed by atoms with Crippen molar-refractivity contribution in [2.24, 2.45) is 5.73 Å². The number of aromatic nitrogens is 3. The highest BCUT2D eigenvalue weighted by atomic mass is 15.3. The number of nitrogens with two attached hydrogens (primary N) is 1. The van der Waals surface area contributed by atoms with Crippen LogP contribution in [0.15, 0.2) is 6.33 Å². The van der Waals surface area contributed by atoms with E-state index >= 15 is 0 Å². The number of hydrogen-bond acceptors (Lipinski definition) is 4. The topological polar surface area (TPSA) is 60.0 Å². The Morgan fingerprint density at radius 1 is 1.19 bits per heavy atom. The molecule has 0 unspecified atom stereocenters. The van der Waals surface area contributed by atoms with Gasteiger partial charge in [-0.15, -0.1) is 10.2 Å². The second kappa shape index (κ2) is 4.14. The molecule has 0 bridgehead atoms. The van der Waals surface area contributed by atoms with E-state index in [2.05, 4.69) is 19.7 Å². The van der Waals surface area contributed by atoms with Crippen LogP contribution in [0.25, 0.3) is 0 Å². The van der Waals surface area contributed by atoms with Crippen molar-refractivity contribution >= 4 is 0 Å². The molecule has 1 aliphatic carbocycles. The number of hydrogen-bond donors (Lipinski definition) is 1. The lowest BCUT2D eigenvalue weighted by Crippen LogP contribution is -2.44. The molecule has 1 aromatic rings. The van der Waals surface area contributed by atoms with Gasteiger partial charge in [-0.3, -0.25) is 4.90 Å². The molecule has 88 valence electrons. The molecular formula is C11H19N5. The predicted octanol–water partition coefficient (Wildman–Crippen LogP) is 0.364. The van der Waals surface area contributed by atoms with Crippen LogP contribution in [0, 0.1) is 0 Å². The molecule has 2 N–H and O–H groups in total. The Labute approximate surface area is 95.6 Å². The third-order valence-corrected chi connectivity index (χ3v) is 3.93. The highest BCUT2D eigenvalue weighted by Gasteiger charge is 2.27. The van der Waals surface area contributed by atoms with E-state index < -0.39 is 0 Å². The molecule has 5 nitrogen and oxygen atoms in total. The standard InChI is InChI=1S/C11H19N5/c12-9-1-3-10(4-2-9)15-5-6-16-8-13-14-11(16)7-15/h8-10H,1-7,12H2. The maximum absolute atomic E-state index is 5.94. The highest BCUT2D eigenvalue weighted by molar-refractivity contribution is 4.93. The first-order valence-corrected chi connectivity index (χ1v) is 6.19. The monoisotopic (exact) mass is 221 g/mol. The summed E-state index contributed by atoms with van der Waals surface area (Å²) >= 11 is 0. The second-order valence-corrected chi connectivity index (χ2v) is 4.98. The van der Waals surface area contributed by atoms with Gasteiger partial charge in [-0.2, -0.15) is 0 Å². The van der Waals surface area contributed by atoms with Crippen LogP contribution in [0.3, 0.4) is 0 Å². The number of rotatable bonds is 1. The lowest BCUT2D eigenvalue weighted by Gasteiger charge is -2.37. The van der Waals surface area contributed by atoms with E-state index in [0.717, 1.165) is 25.5 Å². The lowest BCUT2D eigenvalue weighted by molar-refractivity contribution is 0.116.